The minimum Gasteiger partial charge on any atom is -0.492 e. The van der Waals surface area contributed by atoms with Crippen LogP contribution in [0.3, 0.4) is 0 Å². The van der Waals surface area contributed by atoms with Crippen molar-refractivity contribution in [2.75, 3.05) is 40.9 Å². The molecule has 0 aliphatic carbocycles. The molecule has 2 rings (SSSR count). The summed E-state index contributed by atoms with van der Waals surface area (Å²) in [6.07, 6.45) is 0. The van der Waals surface area contributed by atoms with Gasteiger partial charge in [-0.2, -0.15) is 0 Å². The molecule has 7 nitrogen and oxygen atoms in total. The summed E-state index contributed by atoms with van der Waals surface area (Å²) in [6.45, 7) is 1.77. The topological polar surface area (TPSA) is 75.2 Å². The molecular formula is C21H28N4O3. The first kappa shape index (κ1) is 21.1. The number of likely N-dealkylation sites (N-methyl/N-ethyl adjacent to an activating group) is 1. The van der Waals surface area contributed by atoms with E-state index >= 15 is 0 Å². The van der Waals surface area contributed by atoms with Crippen LogP contribution in [0.4, 0.5) is 0 Å². The largest absolute Gasteiger partial charge is 0.492 e. The van der Waals surface area contributed by atoms with Crippen molar-refractivity contribution >= 4 is 11.9 Å². The van der Waals surface area contributed by atoms with E-state index < -0.39 is 0 Å². The zero-order valence-electron chi connectivity index (χ0n) is 16.6. The highest BCUT2D eigenvalue weighted by molar-refractivity contribution is 5.79. The van der Waals surface area contributed by atoms with E-state index in [9.17, 15) is 4.79 Å². The van der Waals surface area contributed by atoms with Gasteiger partial charge in [0.15, 0.2) is 12.6 Å². The summed E-state index contributed by atoms with van der Waals surface area (Å²) in [4.78, 5) is 17.3. The van der Waals surface area contributed by atoms with Crippen LogP contribution in [0.15, 0.2) is 59.6 Å². The molecule has 0 saturated carbocycles. The first-order chi connectivity index (χ1) is 13.6. The third-order valence-electron chi connectivity index (χ3n) is 3.85. The minimum atomic E-state index is -0.0779. The maximum absolute atomic E-state index is 11.6. The molecule has 1 amide bonds. The molecule has 0 aliphatic heterocycles. The Bertz CT molecular complexity index is 763. The molecule has 0 fully saturated rings. The Hall–Kier alpha value is -3.22. The highest BCUT2D eigenvalue weighted by atomic mass is 16.5. The number of ether oxygens (including phenoxy) is 2. The number of nitrogens with one attached hydrogen (secondary N) is 2. The van der Waals surface area contributed by atoms with E-state index in [4.69, 9.17) is 9.47 Å². The molecule has 0 spiro atoms. The van der Waals surface area contributed by atoms with E-state index in [2.05, 4.69) is 15.6 Å². The van der Waals surface area contributed by atoms with Crippen LogP contribution in [-0.2, 0) is 11.3 Å². The van der Waals surface area contributed by atoms with E-state index in [1.54, 1.807) is 21.1 Å². The SMILES string of the molecule is CN=C(NCCOc1ccccc1)NCc1cccc(OCC(=O)N(C)C)c1. The van der Waals surface area contributed by atoms with E-state index in [0.717, 1.165) is 11.3 Å². The summed E-state index contributed by atoms with van der Waals surface area (Å²) in [5.74, 6) is 2.11. The second kappa shape index (κ2) is 11.5. The predicted molar refractivity (Wildman–Crippen MR) is 111 cm³/mol. The highest BCUT2D eigenvalue weighted by Crippen LogP contribution is 2.13. The highest BCUT2D eigenvalue weighted by Gasteiger charge is 2.05. The van der Waals surface area contributed by atoms with Gasteiger partial charge in [0.05, 0.1) is 6.54 Å². The number of rotatable bonds is 9. The fraction of sp³-hybridized carbons (Fsp3) is 0.333. The third-order valence-corrected chi connectivity index (χ3v) is 3.85. The average Bonchev–Trinajstić information content (AvgIpc) is 2.72. The second-order valence-electron chi connectivity index (χ2n) is 6.24. The second-order valence-corrected chi connectivity index (χ2v) is 6.24. The molecule has 150 valence electrons. The standard InChI is InChI=1S/C21H28N4O3/c1-22-21(23-12-13-27-18-9-5-4-6-10-18)24-15-17-8-7-11-19(14-17)28-16-20(26)25(2)3/h4-11,14H,12-13,15-16H2,1-3H3,(H2,22,23,24). The Kier molecular flexibility index (Phi) is 8.65. The summed E-state index contributed by atoms with van der Waals surface area (Å²) in [6, 6.07) is 17.3. The van der Waals surface area contributed by atoms with Gasteiger partial charge in [-0.3, -0.25) is 9.79 Å². The molecule has 0 heterocycles. The lowest BCUT2D eigenvalue weighted by Crippen LogP contribution is -2.38. The van der Waals surface area contributed by atoms with Crippen molar-refractivity contribution in [1.29, 1.82) is 0 Å². The summed E-state index contributed by atoms with van der Waals surface area (Å²) >= 11 is 0. The van der Waals surface area contributed by atoms with E-state index in [-0.39, 0.29) is 12.5 Å². The van der Waals surface area contributed by atoms with Crippen LogP contribution in [0, 0.1) is 0 Å². The van der Waals surface area contributed by atoms with Crippen molar-refractivity contribution < 1.29 is 14.3 Å². The Labute approximate surface area is 166 Å². The van der Waals surface area contributed by atoms with Crippen molar-refractivity contribution in [1.82, 2.24) is 15.5 Å². The van der Waals surface area contributed by atoms with E-state index in [1.807, 2.05) is 54.6 Å². The van der Waals surface area contributed by atoms with E-state index in [0.29, 0.717) is 31.4 Å². The molecule has 0 radical (unpaired) electrons. The molecule has 28 heavy (non-hydrogen) atoms. The minimum absolute atomic E-state index is 0.0223. The Morgan fingerprint density at radius 2 is 1.75 bits per heavy atom. The van der Waals surface area contributed by atoms with Gasteiger partial charge in [0.25, 0.3) is 5.91 Å². The summed E-state index contributed by atoms with van der Waals surface area (Å²) < 4.78 is 11.2. The smallest absolute Gasteiger partial charge is 0.259 e. The third kappa shape index (κ3) is 7.57. The first-order valence-electron chi connectivity index (χ1n) is 9.12. The number of benzene rings is 2. The van der Waals surface area contributed by atoms with Gasteiger partial charge in [0.1, 0.15) is 18.1 Å². The fourth-order valence-electron chi connectivity index (χ4n) is 2.28. The lowest BCUT2D eigenvalue weighted by Gasteiger charge is -2.14. The van der Waals surface area contributed by atoms with Gasteiger partial charge >= 0.3 is 0 Å². The molecule has 2 N–H and O–H groups in total. The van der Waals surface area contributed by atoms with Gasteiger partial charge in [-0.15, -0.1) is 0 Å². The molecule has 0 unspecified atom stereocenters. The molecule has 2 aromatic carbocycles. The molecule has 0 atom stereocenters. The quantitative estimate of drug-likeness (QED) is 0.392. The molecule has 0 aliphatic rings. The van der Waals surface area contributed by atoms with Gasteiger partial charge in [-0.25, -0.2) is 0 Å². The fourth-order valence-corrected chi connectivity index (χ4v) is 2.28. The van der Waals surface area contributed by atoms with Gasteiger partial charge in [-0.1, -0.05) is 30.3 Å². The van der Waals surface area contributed by atoms with Crippen LogP contribution >= 0.6 is 0 Å². The van der Waals surface area contributed by atoms with Crippen LogP contribution in [0.5, 0.6) is 11.5 Å². The number of para-hydroxylation sites is 1. The summed E-state index contributed by atoms with van der Waals surface area (Å²) in [7, 11) is 5.13. The van der Waals surface area contributed by atoms with Crippen LogP contribution in [-0.4, -0.2) is 57.7 Å². The molecule has 0 bridgehead atoms. The Morgan fingerprint density at radius 3 is 2.46 bits per heavy atom. The Balaban J connectivity index is 1.73. The molecule has 2 aromatic rings. The van der Waals surface area contributed by atoms with E-state index in [1.165, 1.54) is 4.90 Å². The van der Waals surface area contributed by atoms with Crippen molar-refractivity contribution in [3.63, 3.8) is 0 Å². The average molecular weight is 384 g/mol. The summed E-state index contributed by atoms with van der Waals surface area (Å²) in [5, 5.41) is 6.46. The number of hydrogen-bond acceptors (Lipinski definition) is 4. The van der Waals surface area contributed by atoms with Crippen molar-refractivity contribution in [3.05, 3.63) is 60.2 Å². The molecule has 7 heteroatoms. The summed E-state index contributed by atoms with van der Waals surface area (Å²) in [5.41, 5.74) is 1.03. The van der Waals surface area contributed by atoms with Crippen molar-refractivity contribution in [3.8, 4) is 11.5 Å². The lowest BCUT2D eigenvalue weighted by molar-refractivity contribution is -0.130. The number of amides is 1. The molecule has 0 aromatic heterocycles. The predicted octanol–water partition coefficient (Wildman–Crippen LogP) is 1.90. The number of carbonyl (C=O) groups excluding carboxylic acids is 1. The monoisotopic (exact) mass is 384 g/mol. The van der Waals surface area contributed by atoms with Gasteiger partial charge in [0.2, 0.25) is 0 Å². The number of guanidine groups is 1. The molecule has 0 saturated heterocycles. The van der Waals surface area contributed by atoms with Crippen LogP contribution in [0.2, 0.25) is 0 Å². The lowest BCUT2D eigenvalue weighted by atomic mass is 10.2. The van der Waals surface area contributed by atoms with Crippen LogP contribution < -0.4 is 20.1 Å². The maximum Gasteiger partial charge on any atom is 0.259 e. The Morgan fingerprint density at radius 1 is 1.00 bits per heavy atom. The van der Waals surface area contributed by atoms with Gasteiger partial charge in [-0.05, 0) is 29.8 Å². The van der Waals surface area contributed by atoms with Gasteiger partial charge in [0, 0.05) is 27.7 Å². The molecular weight excluding hydrogens is 356 g/mol. The van der Waals surface area contributed by atoms with Crippen LogP contribution in [0.1, 0.15) is 5.56 Å². The van der Waals surface area contributed by atoms with Crippen LogP contribution in [0.25, 0.3) is 0 Å². The van der Waals surface area contributed by atoms with Gasteiger partial charge < -0.3 is 25.0 Å². The zero-order valence-corrected chi connectivity index (χ0v) is 16.6. The number of aliphatic imine (C=N–C) groups is 1. The maximum atomic E-state index is 11.6. The normalized spacial score (nSPS) is 10.9. The first-order valence-corrected chi connectivity index (χ1v) is 9.12. The number of hydrogen-bond donors (Lipinski definition) is 2. The van der Waals surface area contributed by atoms with Crippen molar-refractivity contribution in [2.24, 2.45) is 4.99 Å². The number of carbonyl (C=O) groups is 1. The number of nitrogens with zero attached hydrogens (tertiary/aromatic N) is 2. The van der Waals surface area contributed by atoms with Crippen molar-refractivity contribution in [2.45, 2.75) is 6.54 Å². The zero-order chi connectivity index (χ0) is 20.2.